The number of fused-ring (bicyclic) bond motifs is 1. The number of carbonyl (C=O) groups excluding carboxylic acids is 1. The second-order valence-corrected chi connectivity index (χ2v) is 5.92. The third-order valence-corrected chi connectivity index (χ3v) is 4.36. The zero-order chi connectivity index (χ0) is 14.1. The summed E-state index contributed by atoms with van der Waals surface area (Å²) < 4.78 is 0. The fourth-order valence-corrected chi connectivity index (χ4v) is 3.16. The molecule has 0 spiro atoms. The van der Waals surface area contributed by atoms with Crippen molar-refractivity contribution in [1.29, 1.82) is 0 Å². The molecule has 0 bridgehead atoms. The van der Waals surface area contributed by atoms with Crippen molar-refractivity contribution in [1.82, 2.24) is 10.3 Å². The van der Waals surface area contributed by atoms with Crippen LogP contribution in [0.2, 0.25) is 0 Å². The van der Waals surface area contributed by atoms with E-state index in [0.717, 1.165) is 35.9 Å². The summed E-state index contributed by atoms with van der Waals surface area (Å²) in [6.07, 6.45) is 3.01. The third kappa shape index (κ3) is 2.50. The first-order chi connectivity index (χ1) is 9.65. The number of aryl methyl sites for hydroxylation is 1. The van der Waals surface area contributed by atoms with Crippen molar-refractivity contribution in [3.8, 4) is 0 Å². The highest BCUT2D eigenvalue weighted by Gasteiger charge is 2.27. The van der Waals surface area contributed by atoms with E-state index in [0.29, 0.717) is 5.56 Å². The van der Waals surface area contributed by atoms with Crippen LogP contribution in [0.4, 0.5) is 0 Å². The summed E-state index contributed by atoms with van der Waals surface area (Å²) in [6.45, 7) is 1.91. The van der Waals surface area contributed by atoms with Gasteiger partial charge < -0.3 is 5.32 Å². The molecular formula is C16H17ClN2O. The Morgan fingerprint density at radius 2 is 2.15 bits per heavy atom. The van der Waals surface area contributed by atoms with E-state index < -0.39 is 0 Å². The minimum Gasteiger partial charge on any atom is -0.348 e. The lowest BCUT2D eigenvalue weighted by molar-refractivity contribution is 0.0940. The van der Waals surface area contributed by atoms with Crippen LogP contribution < -0.4 is 5.32 Å². The Labute approximate surface area is 123 Å². The van der Waals surface area contributed by atoms with E-state index in [4.69, 9.17) is 11.6 Å². The van der Waals surface area contributed by atoms with Crippen LogP contribution in [-0.4, -0.2) is 22.3 Å². The van der Waals surface area contributed by atoms with Crippen LogP contribution in [0.3, 0.4) is 0 Å². The summed E-state index contributed by atoms with van der Waals surface area (Å²) in [5.74, 6) is -0.0516. The molecule has 20 heavy (non-hydrogen) atoms. The van der Waals surface area contributed by atoms with Crippen LogP contribution in [0.15, 0.2) is 30.3 Å². The number of amides is 1. The lowest BCUT2D eigenvalue weighted by atomic mass is 10.1. The molecule has 0 radical (unpaired) electrons. The second-order valence-electron chi connectivity index (χ2n) is 5.36. The fraction of sp³-hybridized carbons (Fsp3) is 0.375. The number of carbonyl (C=O) groups is 1. The van der Waals surface area contributed by atoms with Gasteiger partial charge in [0.15, 0.2) is 0 Å². The van der Waals surface area contributed by atoms with Gasteiger partial charge in [0.05, 0.1) is 16.5 Å². The van der Waals surface area contributed by atoms with Crippen molar-refractivity contribution in [2.75, 3.05) is 0 Å². The van der Waals surface area contributed by atoms with Gasteiger partial charge in [-0.25, -0.2) is 0 Å². The molecule has 0 aliphatic heterocycles. The van der Waals surface area contributed by atoms with Crippen molar-refractivity contribution in [2.45, 2.75) is 37.6 Å². The van der Waals surface area contributed by atoms with Crippen LogP contribution in [0.25, 0.3) is 10.9 Å². The molecule has 2 aromatic rings. The molecular weight excluding hydrogens is 272 g/mol. The van der Waals surface area contributed by atoms with Gasteiger partial charge >= 0.3 is 0 Å². The van der Waals surface area contributed by atoms with Crippen molar-refractivity contribution in [3.63, 3.8) is 0 Å². The van der Waals surface area contributed by atoms with Gasteiger partial charge in [-0.15, -0.1) is 11.6 Å². The molecule has 1 N–H and O–H groups in total. The maximum absolute atomic E-state index is 12.5. The quantitative estimate of drug-likeness (QED) is 0.860. The fourth-order valence-electron chi connectivity index (χ4n) is 2.82. The molecule has 1 amide bonds. The van der Waals surface area contributed by atoms with Crippen LogP contribution in [-0.2, 0) is 0 Å². The lowest BCUT2D eigenvalue weighted by Gasteiger charge is -2.16. The summed E-state index contributed by atoms with van der Waals surface area (Å²) in [5.41, 5.74) is 2.39. The summed E-state index contributed by atoms with van der Waals surface area (Å²) in [5, 5.41) is 4.00. The number of halogens is 1. The van der Waals surface area contributed by atoms with Gasteiger partial charge in [-0.3, -0.25) is 9.78 Å². The Hall–Kier alpha value is -1.61. The average molecular weight is 289 g/mol. The van der Waals surface area contributed by atoms with Gasteiger partial charge in [0, 0.05) is 17.1 Å². The predicted molar refractivity (Wildman–Crippen MR) is 81.2 cm³/mol. The molecule has 1 saturated carbocycles. The molecule has 0 saturated heterocycles. The van der Waals surface area contributed by atoms with Crippen molar-refractivity contribution in [3.05, 3.63) is 41.6 Å². The lowest BCUT2D eigenvalue weighted by Crippen LogP contribution is -2.38. The standard InChI is InChI=1S/C16H17ClN2O/c1-10-9-12(11-5-2-3-7-14(11)18-10)16(20)19-15-8-4-6-13(15)17/h2-3,5,7,9,13,15H,4,6,8H2,1H3,(H,19,20). The molecule has 1 aliphatic carbocycles. The SMILES string of the molecule is Cc1cc(C(=O)NC2CCCC2Cl)c2ccccc2n1. The topological polar surface area (TPSA) is 42.0 Å². The van der Waals surface area contributed by atoms with Crippen LogP contribution in [0, 0.1) is 6.92 Å². The minimum atomic E-state index is -0.0516. The van der Waals surface area contributed by atoms with Crippen LogP contribution in [0.5, 0.6) is 0 Å². The van der Waals surface area contributed by atoms with E-state index in [1.165, 1.54) is 0 Å². The molecule has 104 valence electrons. The first kappa shape index (κ1) is 13.4. The summed E-state index contributed by atoms with van der Waals surface area (Å²) in [4.78, 5) is 17.0. The highest BCUT2D eigenvalue weighted by molar-refractivity contribution is 6.21. The van der Waals surface area contributed by atoms with E-state index in [2.05, 4.69) is 10.3 Å². The monoisotopic (exact) mass is 288 g/mol. The first-order valence-corrected chi connectivity index (χ1v) is 7.40. The highest BCUT2D eigenvalue weighted by atomic mass is 35.5. The normalized spacial score (nSPS) is 22.1. The Kier molecular flexibility index (Phi) is 3.62. The van der Waals surface area contributed by atoms with E-state index in [1.807, 2.05) is 37.3 Å². The van der Waals surface area contributed by atoms with Crippen molar-refractivity contribution in [2.24, 2.45) is 0 Å². The Morgan fingerprint density at radius 1 is 1.35 bits per heavy atom. The Bertz CT molecular complexity index is 656. The average Bonchev–Trinajstić information content (AvgIpc) is 2.83. The number of nitrogens with one attached hydrogen (secondary N) is 1. The van der Waals surface area contributed by atoms with Gasteiger partial charge in [-0.1, -0.05) is 18.2 Å². The highest BCUT2D eigenvalue weighted by Crippen LogP contribution is 2.25. The summed E-state index contributed by atoms with van der Waals surface area (Å²) in [6, 6.07) is 9.65. The number of aromatic nitrogens is 1. The van der Waals surface area contributed by atoms with Gasteiger partial charge in [-0.2, -0.15) is 0 Å². The first-order valence-electron chi connectivity index (χ1n) is 6.96. The Morgan fingerprint density at radius 3 is 2.90 bits per heavy atom. The van der Waals surface area contributed by atoms with E-state index in [1.54, 1.807) is 0 Å². The molecule has 2 unspecified atom stereocenters. The van der Waals surface area contributed by atoms with Crippen molar-refractivity contribution >= 4 is 28.4 Å². The number of alkyl halides is 1. The van der Waals surface area contributed by atoms with E-state index in [-0.39, 0.29) is 17.3 Å². The summed E-state index contributed by atoms with van der Waals surface area (Å²) >= 11 is 6.23. The number of rotatable bonds is 2. The molecule has 4 heteroatoms. The van der Waals surface area contributed by atoms with Gasteiger partial charge in [0.1, 0.15) is 0 Å². The molecule has 3 rings (SSSR count). The van der Waals surface area contributed by atoms with Gasteiger partial charge in [-0.05, 0) is 38.3 Å². The largest absolute Gasteiger partial charge is 0.348 e. The zero-order valence-electron chi connectivity index (χ0n) is 11.4. The summed E-state index contributed by atoms with van der Waals surface area (Å²) in [7, 11) is 0. The molecule has 3 nitrogen and oxygen atoms in total. The molecule has 1 heterocycles. The molecule has 1 aromatic heterocycles. The van der Waals surface area contributed by atoms with E-state index >= 15 is 0 Å². The minimum absolute atomic E-state index is 0.0492. The number of benzene rings is 1. The van der Waals surface area contributed by atoms with E-state index in [9.17, 15) is 4.79 Å². The van der Waals surface area contributed by atoms with Crippen LogP contribution >= 0.6 is 11.6 Å². The molecule has 1 aromatic carbocycles. The molecule has 1 fully saturated rings. The zero-order valence-corrected chi connectivity index (χ0v) is 12.2. The number of para-hydroxylation sites is 1. The second kappa shape index (κ2) is 5.41. The smallest absolute Gasteiger partial charge is 0.252 e. The molecule has 2 atom stereocenters. The van der Waals surface area contributed by atoms with Gasteiger partial charge in [0.25, 0.3) is 5.91 Å². The third-order valence-electron chi connectivity index (χ3n) is 3.84. The van der Waals surface area contributed by atoms with Gasteiger partial charge in [0.2, 0.25) is 0 Å². The predicted octanol–water partition coefficient (Wildman–Crippen LogP) is 3.43. The number of hydrogen-bond donors (Lipinski definition) is 1. The van der Waals surface area contributed by atoms with Crippen molar-refractivity contribution < 1.29 is 4.79 Å². The Balaban J connectivity index is 1.94. The van der Waals surface area contributed by atoms with Crippen LogP contribution in [0.1, 0.15) is 35.3 Å². The maximum atomic E-state index is 12.5. The number of pyridine rings is 1. The number of hydrogen-bond acceptors (Lipinski definition) is 2. The molecule has 1 aliphatic rings. The number of nitrogens with zero attached hydrogens (tertiary/aromatic N) is 1. The maximum Gasteiger partial charge on any atom is 0.252 e.